The highest BCUT2D eigenvalue weighted by Gasteiger charge is 2.65. The molecule has 1 amide bonds. The number of carbonyl (C=O) groups excluding carboxylic acids is 2. The molecule has 6 atom stereocenters. The van der Waals surface area contributed by atoms with Crippen molar-refractivity contribution < 1.29 is 48.0 Å². The zero-order chi connectivity index (χ0) is 47.7. The van der Waals surface area contributed by atoms with Gasteiger partial charge in [0, 0.05) is 43.2 Å². The number of unbranched alkanes of at least 4 members (excludes halogenated alkanes) is 2. The van der Waals surface area contributed by atoms with Gasteiger partial charge in [0.1, 0.15) is 40.5 Å². The van der Waals surface area contributed by atoms with Crippen LogP contribution >= 0.6 is 0 Å². The third-order valence-corrected chi connectivity index (χ3v) is 12.8. The second kappa shape index (κ2) is 21.5. The number of hydrogen-bond acceptors (Lipinski definition) is 11. The summed E-state index contributed by atoms with van der Waals surface area (Å²) in [6.45, 7) is 9.96. The predicted octanol–water partition coefficient (Wildman–Crippen LogP) is 10.1. The summed E-state index contributed by atoms with van der Waals surface area (Å²) in [5.41, 5.74) is 3.35. The van der Waals surface area contributed by atoms with Gasteiger partial charge >= 0.3 is 0 Å². The quantitative estimate of drug-likeness (QED) is 0.0378. The minimum absolute atomic E-state index is 0.0159. The first kappa shape index (κ1) is 48.6. The summed E-state index contributed by atoms with van der Waals surface area (Å²) in [4.78, 5) is 35.3. The molecule has 0 spiro atoms. The van der Waals surface area contributed by atoms with Crippen LogP contribution in [0, 0.1) is 34.9 Å². The Hall–Kier alpha value is -6.33. The Kier molecular flexibility index (Phi) is 15.6. The number of rotatable bonds is 20. The second-order valence-corrected chi connectivity index (χ2v) is 18.3. The van der Waals surface area contributed by atoms with Gasteiger partial charge in [-0.2, -0.15) is 5.26 Å². The van der Waals surface area contributed by atoms with Crippen molar-refractivity contribution in [3.05, 3.63) is 143 Å². The number of oxime groups is 1. The highest BCUT2D eigenvalue weighted by Crippen LogP contribution is 2.62. The van der Waals surface area contributed by atoms with Gasteiger partial charge < -0.3 is 38.9 Å². The van der Waals surface area contributed by atoms with Crippen molar-refractivity contribution in [1.29, 1.82) is 5.26 Å². The van der Waals surface area contributed by atoms with Crippen LogP contribution in [0.25, 0.3) is 0 Å². The fourth-order valence-corrected chi connectivity index (χ4v) is 9.87. The lowest BCUT2D eigenvalue weighted by atomic mass is 9.55. The van der Waals surface area contributed by atoms with Crippen molar-refractivity contribution in [3.8, 4) is 29.1 Å². The van der Waals surface area contributed by atoms with Gasteiger partial charge in [-0.05, 0) is 142 Å². The summed E-state index contributed by atoms with van der Waals surface area (Å²) >= 11 is 0. The number of amides is 1. The van der Waals surface area contributed by atoms with Gasteiger partial charge in [-0.15, -0.1) is 6.58 Å². The van der Waals surface area contributed by atoms with Gasteiger partial charge in [0.15, 0.2) is 6.29 Å². The van der Waals surface area contributed by atoms with Crippen LogP contribution in [0.5, 0.6) is 23.0 Å². The molecule has 13 heteroatoms. The number of methoxy groups -OCH3 is 1. The molecular weight excluding hydrogens is 854 g/mol. The summed E-state index contributed by atoms with van der Waals surface area (Å²) in [5, 5.41) is 34.6. The van der Waals surface area contributed by atoms with Gasteiger partial charge in [-0.25, -0.2) is 4.39 Å². The highest BCUT2D eigenvalue weighted by molar-refractivity contribution is 6.03. The number of allylic oxidation sites excluding steroid dienone is 1. The van der Waals surface area contributed by atoms with Crippen LogP contribution in [0.4, 0.5) is 4.39 Å². The first-order valence-corrected chi connectivity index (χ1v) is 23.0. The molecule has 3 aliphatic rings. The molecule has 1 saturated carbocycles. The number of carbonyl (C=O) groups is 2. The zero-order valence-corrected chi connectivity index (χ0v) is 38.7. The van der Waals surface area contributed by atoms with Crippen LogP contribution in [-0.4, -0.2) is 77.4 Å². The fraction of sp³-hybridized carbons (Fsp3) is 0.407. The third-order valence-electron chi connectivity index (χ3n) is 12.8. The molecule has 0 saturated heterocycles. The number of benzene rings is 4. The zero-order valence-electron chi connectivity index (χ0n) is 38.7. The molecule has 2 aliphatic carbocycles. The molecule has 1 heterocycles. The molecule has 6 unspecified atom stereocenters. The minimum Gasteiger partial charge on any atom is -0.496 e. The average molecular weight is 914 g/mol. The van der Waals surface area contributed by atoms with E-state index in [9.17, 15) is 24.7 Å². The van der Waals surface area contributed by atoms with E-state index >= 15 is 4.79 Å². The Morgan fingerprint density at radius 3 is 2.34 bits per heavy atom. The molecule has 7 rings (SSSR count). The van der Waals surface area contributed by atoms with E-state index in [1.807, 2.05) is 32.9 Å². The van der Waals surface area contributed by atoms with Gasteiger partial charge in [-0.3, -0.25) is 9.59 Å². The van der Waals surface area contributed by atoms with E-state index in [1.54, 1.807) is 71.6 Å². The monoisotopic (exact) mass is 913 g/mol. The number of nitriles is 1. The maximum atomic E-state index is 15.3. The van der Waals surface area contributed by atoms with Crippen LogP contribution in [-0.2, 0) is 16.1 Å². The third kappa shape index (κ3) is 10.8. The summed E-state index contributed by atoms with van der Waals surface area (Å²) in [6.07, 6.45) is 8.96. The number of hydrogen-bond donors (Lipinski definition) is 2. The van der Waals surface area contributed by atoms with E-state index in [0.29, 0.717) is 70.1 Å². The Balaban J connectivity index is 1.49. The van der Waals surface area contributed by atoms with Gasteiger partial charge in [-0.1, -0.05) is 42.3 Å². The molecule has 4 aromatic rings. The fourth-order valence-electron chi connectivity index (χ4n) is 9.87. The van der Waals surface area contributed by atoms with Crippen LogP contribution < -0.4 is 14.2 Å². The Bertz CT molecular complexity index is 2490. The molecule has 0 radical (unpaired) electrons. The molecule has 1 aliphatic heterocycles. The maximum Gasteiger partial charge on any atom is 0.254 e. The van der Waals surface area contributed by atoms with Gasteiger partial charge in [0.2, 0.25) is 5.79 Å². The van der Waals surface area contributed by atoms with Crippen molar-refractivity contribution in [2.75, 3.05) is 26.9 Å². The molecule has 0 bridgehead atoms. The van der Waals surface area contributed by atoms with E-state index in [1.165, 1.54) is 19.2 Å². The number of ether oxygens (including phenoxy) is 4. The summed E-state index contributed by atoms with van der Waals surface area (Å²) in [5.74, 6) is -1.54. The first-order chi connectivity index (χ1) is 32.4. The SMILES string of the molecule is C=CCOC12Oc3ccc(Oc4ccc(OC)c(C=O)c4)cc3C3C(CCCCO)C(CCCCO)C=C(C(=NOC(C)(C)C)CC1N(Cc1ccc(F)cc1)C(=O)c1ccc(C#N)cc1)C32. The van der Waals surface area contributed by atoms with Crippen molar-refractivity contribution in [3.63, 3.8) is 0 Å². The minimum atomic E-state index is -1.58. The van der Waals surface area contributed by atoms with Crippen molar-refractivity contribution in [2.45, 2.75) is 95.6 Å². The smallest absolute Gasteiger partial charge is 0.254 e. The number of halogens is 1. The molecular formula is C54H60FN3O9. The lowest BCUT2D eigenvalue weighted by molar-refractivity contribution is -0.255. The standard InChI is InChI=1S/C54H60FN3O9/c1-6-27-64-54-49(58(33-36-15-19-40(55)20-16-36)52(62)37-17-13-35(32-56)14-18-37)31-46(57-67-53(2,3)4)44-29-38(11-7-9-25-59)43(12-8-10-26-60)50(51(44)54)45-30-42(22-24-48(45)66-54)65-41-21-23-47(63-5)39(28-41)34-61/h6,13-24,28-30,34,38,43,49-51,59-60H,1,7-12,25-27,31,33H2,2-5H3. The number of fused-ring (bicyclic) bond motifs is 2. The van der Waals surface area contributed by atoms with Crippen LogP contribution in [0.1, 0.15) is 109 Å². The van der Waals surface area contributed by atoms with Crippen LogP contribution in [0.3, 0.4) is 0 Å². The number of aldehydes is 1. The average Bonchev–Trinajstić information content (AvgIpc) is 3.33. The van der Waals surface area contributed by atoms with Crippen molar-refractivity contribution in [1.82, 2.24) is 4.90 Å². The molecule has 12 nitrogen and oxygen atoms in total. The Morgan fingerprint density at radius 2 is 1.69 bits per heavy atom. The Morgan fingerprint density at radius 1 is 0.985 bits per heavy atom. The lowest BCUT2D eigenvalue weighted by Crippen LogP contribution is -2.70. The molecule has 4 aromatic carbocycles. The molecule has 2 N–H and O–H groups in total. The van der Waals surface area contributed by atoms with Crippen LogP contribution in [0.2, 0.25) is 0 Å². The normalized spacial score (nSPS) is 22.3. The second-order valence-electron chi connectivity index (χ2n) is 18.3. The van der Waals surface area contributed by atoms with Crippen molar-refractivity contribution in [2.24, 2.45) is 22.9 Å². The Labute approximate surface area is 392 Å². The van der Waals surface area contributed by atoms with E-state index in [0.717, 1.165) is 36.8 Å². The number of aliphatic hydroxyl groups excluding tert-OH is 2. The number of nitrogens with zero attached hydrogens (tertiary/aromatic N) is 3. The summed E-state index contributed by atoms with van der Waals surface area (Å²) in [6, 6.07) is 24.4. The van der Waals surface area contributed by atoms with Crippen molar-refractivity contribution >= 4 is 17.9 Å². The lowest BCUT2D eigenvalue weighted by Gasteiger charge is -2.60. The first-order valence-electron chi connectivity index (χ1n) is 23.0. The van der Waals surface area contributed by atoms with E-state index in [4.69, 9.17) is 28.9 Å². The highest BCUT2D eigenvalue weighted by atomic mass is 19.1. The van der Waals surface area contributed by atoms with E-state index in [2.05, 4.69) is 18.7 Å². The van der Waals surface area contributed by atoms with Gasteiger partial charge in [0.05, 0.1) is 42.5 Å². The molecule has 1 fully saturated rings. The predicted molar refractivity (Wildman–Crippen MR) is 252 cm³/mol. The molecule has 67 heavy (non-hydrogen) atoms. The van der Waals surface area contributed by atoms with Crippen LogP contribution in [0.15, 0.2) is 114 Å². The summed E-state index contributed by atoms with van der Waals surface area (Å²) < 4.78 is 40.9. The van der Waals surface area contributed by atoms with E-state index in [-0.39, 0.29) is 56.4 Å². The molecule has 0 aromatic heterocycles. The largest absolute Gasteiger partial charge is 0.496 e. The van der Waals surface area contributed by atoms with E-state index < -0.39 is 29.2 Å². The number of aliphatic hydroxyl groups is 2. The topological polar surface area (TPSA) is 160 Å². The maximum absolute atomic E-state index is 15.3. The van der Waals surface area contributed by atoms with Gasteiger partial charge in [0.25, 0.3) is 5.91 Å². The molecule has 352 valence electrons. The summed E-state index contributed by atoms with van der Waals surface area (Å²) in [7, 11) is 1.50.